The van der Waals surface area contributed by atoms with Crippen molar-refractivity contribution in [2.24, 2.45) is 0 Å². The van der Waals surface area contributed by atoms with Gasteiger partial charge in [-0.05, 0) is 42.6 Å². The number of hydrogen-bond donors (Lipinski definition) is 2. The van der Waals surface area contributed by atoms with E-state index in [1.165, 1.54) is 36.5 Å². The molecule has 0 unspecified atom stereocenters. The monoisotopic (exact) mass is 415 g/mol. The van der Waals surface area contributed by atoms with E-state index in [4.69, 9.17) is 4.74 Å². The SMILES string of the molecule is CC(=O)Nc1ccc(NC(=O)[C@@H](C)OC(=O)c2csc(-c3cccs3)n2)cc1. The van der Waals surface area contributed by atoms with Gasteiger partial charge in [-0.15, -0.1) is 22.7 Å². The standard InChI is InChI=1S/C19H17N3O4S2/c1-11(17(24)21-14-7-5-13(6-8-14)20-12(2)23)26-19(25)15-10-28-18(22-15)16-4-3-9-27-16/h3-11H,1-2H3,(H,20,23)(H,21,24)/t11-/m1/s1. The Morgan fingerprint density at radius 1 is 1.04 bits per heavy atom. The predicted molar refractivity (Wildman–Crippen MR) is 110 cm³/mol. The van der Waals surface area contributed by atoms with Crippen LogP contribution in [-0.4, -0.2) is 28.9 Å². The van der Waals surface area contributed by atoms with Crippen molar-refractivity contribution in [2.75, 3.05) is 10.6 Å². The van der Waals surface area contributed by atoms with Crippen LogP contribution in [0.5, 0.6) is 0 Å². The zero-order valence-electron chi connectivity index (χ0n) is 15.1. The van der Waals surface area contributed by atoms with Crippen molar-refractivity contribution in [3.05, 3.63) is 52.9 Å². The number of benzene rings is 1. The van der Waals surface area contributed by atoms with Crippen LogP contribution in [0.3, 0.4) is 0 Å². The van der Waals surface area contributed by atoms with Gasteiger partial charge in [0.2, 0.25) is 5.91 Å². The van der Waals surface area contributed by atoms with Gasteiger partial charge in [-0.25, -0.2) is 9.78 Å². The van der Waals surface area contributed by atoms with Crippen molar-refractivity contribution in [2.45, 2.75) is 20.0 Å². The number of thiazole rings is 1. The van der Waals surface area contributed by atoms with Crippen LogP contribution in [0.2, 0.25) is 0 Å². The van der Waals surface area contributed by atoms with Gasteiger partial charge >= 0.3 is 5.97 Å². The fraction of sp³-hybridized carbons (Fsp3) is 0.158. The van der Waals surface area contributed by atoms with Gasteiger partial charge in [-0.3, -0.25) is 9.59 Å². The maximum Gasteiger partial charge on any atom is 0.358 e. The number of ether oxygens (including phenoxy) is 1. The smallest absolute Gasteiger partial charge is 0.358 e. The molecule has 0 radical (unpaired) electrons. The number of anilines is 2. The first-order valence-electron chi connectivity index (χ1n) is 8.31. The number of rotatable bonds is 6. The predicted octanol–water partition coefficient (Wildman–Crippen LogP) is 4.01. The summed E-state index contributed by atoms with van der Waals surface area (Å²) < 4.78 is 5.22. The summed E-state index contributed by atoms with van der Waals surface area (Å²) in [7, 11) is 0. The molecule has 0 fully saturated rings. The Balaban J connectivity index is 1.56. The molecule has 2 heterocycles. The second kappa shape index (κ2) is 8.77. The highest BCUT2D eigenvalue weighted by atomic mass is 32.1. The van der Waals surface area contributed by atoms with E-state index < -0.39 is 18.0 Å². The minimum Gasteiger partial charge on any atom is -0.448 e. The fourth-order valence-corrected chi connectivity index (χ4v) is 3.84. The molecule has 2 aromatic heterocycles. The number of aromatic nitrogens is 1. The zero-order chi connectivity index (χ0) is 20.1. The molecule has 3 aromatic rings. The molecular formula is C19H17N3O4S2. The molecule has 0 aliphatic carbocycles. The lowest BCUT2D eigenvalue weighted by atomic mass is 10.2. The molecular weight excluding hydrogens is 398 g/mol. The summed E-state index contributed by atoms with van der Waals surface area (Å²) in [5.41, 5.74) is 1.32. The van der Waals surface area contributed by atoms with Gasteiger partial charge in [0.25, 0.3) is 5.91 Å². The van der Waals surface area contributed by atoms with Crippen molar-refractivity contribution >= 4 is 51.8 Å². The summed E-state index contributed by atoms with van der Waals surface area (Å²) >= 11 is 2.88. The number of thiophene rings is 1. The number of esters is 1. The molecule has 1 aromatic carbocycles. The van der Waals surface area contributed by atoms with Crippen molar-refractivity contribution < 1.29 is 19.1 Å². The maximum atomic E-state index is 12.3. The first kappa shape index (κ1) is 19.7. The van der Waals surface area contributed by atoms with Gasteiger partial charge in [0.05, 0.1) is 4.88 Å². The van der Waals surface area contributed by atoms with Gasteiger partial charge < -0.3 is 15.4 Å². The minimum atomic E-state index is -0.991. The number of amides is 2. The summed E-state index contributed by atoms with van der Waals surface area (Å²) in [6, 6.07) is 10.4. The summed E-state index contributed by atoms with van der Waals surface area (Å²) in [5.74, 6) is -1.29. The Bertz CT molecular complexity index is 981. The van der Waals surface area contributed by atoms with E-state index in [-0.39, 0.29) is 11.6 Å². The van der Waals surface area contributed by atoms with E-state index in [1.54, 1.807) is 29.6 Å². The molecule has 0 spiro atoms. The van der Waals surface area contributed by atoms with Crippen LogP contribution in [-0.2, 0) is 14.3 Å². The number of carbonyl (C=O) groups is 3. The third kappa shape index (κ3) is 5.02. The highest BCUT2D eigenvalue weighted by Crippen LogP contribution is 2.28. The Hall–Kier alpha value is -3.04. The van der Waals surface area contributed by atoms with Crippen LogP contribution in [0.25, 0.3) is 9.88 Å². The first-order valence-corrected chi connectivity index (χ1v) is 10.1. The second-order valence-corrected chi connectivity index (χ2v) is 7.62. The zero-order valence-corrected chi connectivity index (χ0v) is 16.7. The molecule has 1 atom stereocenters. The molecule has 2 N–H and O–H groups in total. The lowest BCUT2D eigenvalue weighted by Crippen LogP contribution is -2.30. The molecule has 0 saturated heterocycles. The van der Waals surface area contributed by atoms with Crippen molar-refractivity contribution in [1.82, 2.24) is 4.98 Å². The van der Waals surface area contributed by atoms with Crippen LogP contribution < -0.4 is 10.6 Å². The van der Waals surface area contributed by atoms with E-state index in [1.807, 2.05) is 17.5 Å². The summed E-state index contributed by atoms with van der Waals surface area (Å²) in [5, 5.41) is 9.58. The number of carbonyl (C=O) groups excluding carboxylic acids is 3. The van der Waals surface area contributed by atoms with Crippen LogP contribution in [0.15, 0.2) is 47.2 Å². The van der Waals surface area contributed by atoms with Gasteiger partial charge in [-0.2, -0.15) is 0 Å². The quantitative estimate of drug-likeness (QED) is 0.593. The molecule has 144 valence electrons. The highest BCUT2D eigenvalue weighted by molar-refractivity contribution is 7.20. The molecule has 0 bridgehead atoms. The van der Waals surface area contributed by atoms with E-state index >= 15 is 0 Å². The number of nitrogens with zero attached hydrogens (tertiary/aromatic N) is 1. The molecule has 0 saturated carbocycles. The first-order chi connectivity index (χ1) is 13.4. The Labute approximate surface area is 169 Å². The van der Waals surface area contributed by atoms with E-state index in [0.717, 1.165) is 9.88 Å². The third-order valence-corrected chi connectivity index (χ3v) is 5.45. The van der Waals surface area contributed by atoms with Crippen LogP contribution in [0.1, 0.15) is 24.3 Å². The molecule has 3 rings (SSSR count). The second-order valence-electron chi connectivity index (χ2n) is 5.81. The van der Waals surface area contributed by atoms with Crippen LogP contribution in [0, 0.1) is 0 Å². The highest BCUT2D eigenvalue weighted by Gasteiger charge is 2.21. The Morgan fingerprint density at radius 2 is 1.71 bits per heavy atom. The largest absolute Gasteiger partial charge is 0.448 e. The average Bonchev–Trinajstić information content (AvgIpc) is 3.34. The van der Waals surface area contributed by atoms with Crippen molar-refractivity contribution in [3.8, 4) is 9.88 Å². The fourth-order valence-electron chi connectivity index (χ4n) is 2.24. The van der Waals surface area contributed by atoms with E-state index in [2.05, 4.69) is 15.6 Å². The van der Waals surface area contributed by atoms with Crippen molar-refractivity contribution in [3.63, 3.8) is 0 Å². The Kier molecular flexibility index (Phi) is 6.17. The van der Waals surface area contributed by atoms with Crippen LogP contribution >= 0.6 is 22.7 Å². The lowest BCUT2D eigenvalue weighted by molar-refractivity contribution is -0.123. The molecule has 9 heteroatoms. The van der Waals surface area contributed by atoms with Gasteiger partial charge in [0.1, 0.15) is 5.01 Å². The molecule has 7 nitrogen and oxygen atoms in total. The number of nitrogens with one attached hydrogen (secondary N) is 2. The van der Waals surface area contributed by atoms with Gasteiger partial charge in [0.15, 0.2) is 11.8 Å². The summed E-state index contributed by atoms with van der Waals surface area (Å²) in [6.45, 7) is 2.91. The molecule has 28 heavy (non-hydrogen) atoms. The normalized spacial score (nSPS) is 11.5. The molecule has 0 aliphatic rings. The third-order valence-electron chi connectivity index (χ3n) is 3.57. The van der Waals surface area contributed by atoms with Gasteiger partial charge in [0, 0.05) is 23.7 Å². The van der Waals surface area contributed by atoms with E-state index in [9.17, 15) is 14.4 Å². The van der Waals surface area contributed by atoms with Crippen LogP contribution in [0.4, 0.5) is 11.4 Å². The lowest BCUT2D eigenvalue weighted by Gasteiger charge is -2.13. The number of hydrogen-bond acceptors (Lipinski definition) is 7. The minimum absolute atomic E-state index is 0.174. The topological polar surface area (TPSA) is 97.4 Å². The molecule has 0 aliphatic heterocycles. The summed E-state index contributed by atoms with van der Waals surface area (Å²) in [4.78, 5) is 40.8. The average molecular weight is 415 g/mol. The molecule has 2 amide bonds. The Morgan fingerprint density at radius 3 is 2.32 bits per heavy atom. The van der Waals surface area contributed by atoms with E-state index in [0.29, 0.717) is 11.4 Å². The summed E-state index contributed by atoms with van der Waals surface area (Å²) in [6.07, 6.45) is -0.991. The maximum absolute atomic E-state index is 12.3. The van der Waals surface area contributed by atoms with Crippen molar-refractivity contribution in [1.29, 1.82) is 0 Å². The van der Waals surface area contributed by atoms with Gasteiger partial charge in [-0.1, -0.05) is 6.07 Å².